The molecule has 0 aliphatic carbocycles. The van der Waals surface area contributed by atoms with Crippen molar-refractivity contribution in [3.05, 3.63) is 76.0 Å². The first-order valence-electron chi connectivity index (χ1n) is 7.87. The molecule has 2 N–H and O–H groups in total. The van der Waals surface area contributed by atoms with Crippen molar-refractivity contribution in [2.75, 3.05) is 5.32 Å². The Morgan fingerprint density at radius 3 is 2.42 bits per heavy atom. The van der Waals surface area contributed by atoms with Gasteiger partial charge in [0.15, 0.2) is 5.76 Å². The summed E-state index contributed by atoms with van der Waals surface area (Å²) in [6, 6.07) is 13.3. The SMILES string of the molecule is Cc1ccc(-c2ccc(C(=O)Nc3ccc(C(=O)O)cc3C)o2)cc1Cl. The third-order valence-electron chi connectivity index (χ3n) is 4.01. The standard InChI is InChI=1S/C20H16ClNO4/c1-11-3-4-13(10-15(11)21)17-7-8-18(26-17)19(23)22-16-6-5-14(20(24)25)9-12(16)2/h3-10H,1-2H3,(H,22,23)(H,24,25). The van der Waals surface area contributed by atoms with Gasteiger partial charge < -0.3 is 14.8 Å². The smallest absolute Gasteiger partial charge is 0.335 e. The highest BCUT2D eigenvalue weighted by molar-refractivity contribution is 6.31. The molecule has 1 heterocycles. The summed E-state index contributed by atoms with van der Waals surface area (Å²) in [6.45, 7) is 3.63. The summed E-state index contributed by atoms with van der Waals surface area (Å²) < 4.78 is 5.64. The van der Waals surface area contributed by atoms with Crippen molar-refractivity contribution in [2.45, 2.75) is 13.8 Å². The van der Waals surface area contributed by atoms with Crippen molar-refractivity contribution in [1.82, 2.24) is 0 Å². The number of carboxylic acids is 1. The van der Waals surface area contributed by atoms with Crippen molar-refractivity contribution < 1.29 is 19.1 Å². The summed E-state index contributed by atoms with van der Waals surface area (Å²) in [5.41, 5.74) is 3.07. The van der Waals surface area contributed by atoms with Gasteiger partial charge in [0.1, 0.15) is 5.76 Å². The number of hydrogen-bond acceptors (Lipinski definition) is 3. The fraction of sp³-hybridized carbons (Fsp3) is 0.100. The molecule has 0 aliphatic heterocycles. The Kier molecular flexibility index (Phi) is 4.82. The molecule has 0 saturated heterocycles. The maximum absolute atomic E-state index is 12.4. The van der Waals surface area contributed by atoms with Crippen LogP contribution in [-0.4, -0.2) is 17.0 Å². The summed E-state index contributed by atoms with van der Waals surface area (Å²) in [5.74, 6) is -0.743. The van der Waals surface area contributed by atoms with Gasteiger partial charge in [-0.05, 0) is 61.4 Å². The fourth-order valence-electron chi connectivity index (χ4n) is 2.48. The summed E-state index contributed by atoms with van der Waals surface area (Å²) in [6.07, 6.45) is 0. The molecule has 1 aromatic heterocycles. The van der Waals surface area contributed by atoms with Crippen LogP contribution in [0.2, 0.25) is 5.02 Å². The zero-order valence-corrected chi connectivity index (χ0v) is 14.9. The molecule has 3 rings (SSSR count). The summed E-state index contributed by atoms with van der Waals surface area (Å²) in [4.78, 5) is 23.4. The number of carbonyl (C=O) groups is 2. The van der Waals surface area contributed by atoms with Crippen LogP contribution in [-0.2, 0) is 0 Å². The zero-order chi connectivity index (χ0) is 18.8. The molecular weight excluding hydrogens is 354 g/mol. The number of rotatable bonds is 4. The molecule has 0 radical (unpaired) electrons. The maximum atomic E-state index is 12.4. The molecule has 6 heteroatoms. The number of benzene rings is 2. The number of anilines is 1. The molecule has 0 aliphatic rings. The highest BCUT2D eigenvalue weighted by Crippen LogP contribution is 2.27. The molecule has 3 aromatic rings. The number of aryl methyl sites for hydroxylation is 2. The van der Waals surface area contributed by atoms with Crippen LogP contribution in [0, 0.1) is 13.8 Å². The summed E-state index contributed by atoms with van der Waals surface area (Å²) in [7, 11) is 0. The van der Waals surface area contributed by atoms with E-state index in [1.54, 1.807) is 31.2 Å². The summed E-state index contributed by atoms with van der Waals surface area (Å²) >= 11 is 6.13. The average molecular weight is 370 g/mol. The number of aromatic carboxylic acids is 1. The molecule has 26 heavy (non-hydrogen) atoms. The number of furan rings is 1. The van der Waals surface area contributed by atoms with E-state index in [9.17, 15) is 9.59 Å². The van der Waals surface area contributed by atoms with Crippen LogP contribution >= 0.6 is 11.6 Å². The molecule has 0 bridgehead atoms. The third-order valence-corrected chi connectivity index (χ3v) is 4.41. The number of carbonyl (C=O) groups excluding carboxylic acids is 1. The molecule has 1 amide bonds. The minimum absolute atomic E-state index is 0.151. The largest absolute Gasteiger partial charge is 0.478 e. The molecule has 2 aromatic carbocycles. The Hall–Kier alpha value is -3.05. The number of amides is 1. The molecule has 0 spiro atoms. The van der Waals surface area contributed by atoms with Gasteiger partial charge in [0.2, 0.25) is 0 Å². The molecule has 0 atom stereocenters. The maximum Gasteiger partial charge on any atom is 0.335 e. The predicted molar refractivity (Wildman–Crippen MR) is 100.0 cm³/mol. The first-order chi connectivity index (χ1) is 12.3. The Labute approximate surface area is 155 Å². The Bertz CT molecular complexity index is 1010. The molecule has 0 saturated carbocycles. The quantitative estimate of drug-likeness (QED) is 0.665. The first kappa shape index (κ1) is 17.8. The fourth-order valence-corrected chi connectivity index (χ4v) is 2.66. The lowest BCUT2D eigenvalue weighted by atomic mass is 10.1. The number of halogens is 1. The summed E-state index contributed by atoms with van der Waals surface area (Å²) in [5, 5.41) is 12.3. The number of carboxylic acid groups (broad SMARTS) is 1. The van der Waals surface area contributed by atoms with Crippen molar-refractivity contribution in [3.63, 3.8) is 0 Å². The van der Waals surface area contributed by atoms with Crippen molar-refractivity contribution in [2.24, 2.45) is 0 Å². The normalized spacial score (nSPS) is 10.6. The van der Waals surface area contributed by atoms with E-state index < -0.39 is 11.9 Å². The lowest BCUT2D eigenvalue weighted by molar-refractivity contribution is 0.0696. The topological polar surface area (TPSA) is 79.5 Å². The van der Waals surface area contributed by atoms with E-state index in [1.807, 2.05) is 19.1 Å². The second-order valence-electron chi connectivity index (χ2n) is 5.92. The second kappa shape index (κ2) is 7.06. The van der Waals surface area contributed by atoms with Gasteiger partial charge in [0.25, 0.3) is 5.91 Å². The van der Waals surface area contributed by atoms with Gasteiger partial charge in [-0.2, -0.15) is 0 Å². The number of hydrogen-bond donors (Lipinski definition) is 2. The van der Waals surface area contributed by atoms with Gasteiger partial charge in [-0.1, -0.05) is 23.7 Å². The highest BCUT2D eigenvalue weighted by atomic mass is 35.5. The van der Waals surface area contributed by atoms with Crippen LogP contribution in [0.3, 0.4) is 0 Å². The van der Waals surface area contributed by atoms with E-state index in [-0.39, 0.29) is 11.3 Å². The molecular formula is C20H16ClNO4. The van der Waals surface area contributed by atoms with Crippen LogP contribution in [0.4, 0.5) is 5.69 Å². The van der Waals surface area contributed by atoms with Gasteiger partial charge in [-0.25, -0.2) is 4.79 Å². The van der Waals surface area contributed by atoms with Crippen molar-refractivity contribution >= 4 is 29.2 Å². The van der Waals surface area contributed by atoms with Gasteiger partial charge in [0, 0.05) is 16.3 Å². The van der Waals surface area contributed by atoms with Crippen LogP contribution in [0.5, 0.6) is 0 Å². The minimum atomic E-state index is -1.02. The van der Waals surface area contributed by atoms with E-state index in [4.69, 9.17) is 21.1 Å². The van der Waals surface area contributed by atoms with Gasteiger partial charge in [0.05, 0.1) is 5.56 Å². The van der Waals surface area contributed by atoms with Crippen LogP contribution in [0.15, 0.2) is 52.9 Å². The van der Waals surface area contributed by atoms with Gasteiger partial charge in [-0.15, -0.1) is 0 Å². The van der Waals surface area contributed by atoms with Crippen LogP contribution in [0.25, 0.3) is 11.3 Å². The zero-order valence-electron chi connectivity index (χ0n) is 14.2. The highest BCUT2D eigenvalue weighted by Gasteiger charge is 2.15. The Morgan fingerprint density at radius 2 is 1.77 bits per heavy atom. The minimum Gasteiger partial charge on any atom is -0.478 e. The lowest BCUT2D eigenvalue weighted by Crippen LogP contribution is -2.12. The molecule has 0 unspecified atom stereocenters. The van der Waals surface area contributed by atoms with Crippen molar-refractivity contribution in [3.8, 4) is 11.3 Å². The van der Waals surface area contributed by atoms with Crippen LogP contribution in [0.1, 0.15) is 32.0 Å². The van der Waals surface area contributed by atoms with E-state index >= 15 is 0 Å². The molecule has 132 valence electrons. The number of nitrogens with one attached hydrogen (secondary N) is 1. The van der Waals surface area contributed by atoms with Crippen LogP contribution < -0.4 is 5.32 Å². The monoisotopic (exact) mass is 369 g/mol. The van der Waals surface area contributed by atoms with E-state index in [2.05, 4.69) is 5.32 Å². The average Bonchev–Trinajstić information content (AvgIpc) is 3.09. The van der Waals surface area contributed by atoms with Crippen molar-refractivity contribution in [1.29, 1.82) is 0 Å². The molecule has 0 fully saturated rings. The lowest BCUT2D eigenvalue weighted by Gasteiger charge is -2.08. The predicted octanol–water partition coefficient (Wildman–Crippen LogP) is 5.17. The van der Waals surface area contributed by atoms with E-state index in [0.717, 1.165) is 11.1 Å². The molecule has 5 nitrogen and oxygen atoms in total. The Balaban J connectivity index is 1.80. The third kappa shape index (κ3) is 3.63. The van der Waals surface area contributed by atoms with E-state index in [0.29, 0.717) is 22.0 Å². The van der Waals surface area contributed by atoms with Gasteiger partial charge in [-0.3, -0.25) is 4.79 Å². The second-order valence-corrected chi connectivity index (χ2v) is 6.32. The van der Waals surface area contributed by atoms with Gasteiger partial charge >= 0.3 is 5.97 Å². The Morgan fingerprint density at radius 1 is 1.00 bits per heavy atom. The first-order valence-corrected chi connectivity index (χ1v) is 8.24. The van der Waals surface area contributed by atoms with E-state index in [1.165, 1.54) is 12.1 Å².